The first-order valence-corrected chi connectivity index (χ1v) is 5.82. The van der Waals surface area contributed by atoms with Crippen molar-refractivity contribution in [3.63, 3.8) is 0 Å². The highest BCUT2D eigenvalue weighted by molar-refractivity contribution is 7.98. The van der Waals surface area contributed by atoms with Gasteiger partial charge in [0.15, 0.2) is 0 Å². The third-order valence-corrected chi connectivity index (χ3v) is 2.34. The molecule has 0 fully saturated rings. The van der Waals surface area contributed by atoms with Crippen LogP contribution in [-0.4, -0.2) is 16.5 Å². The van der Waals surface area contributed by atoms with Gasteiger partial charge in [-0.1, -0.05) is 43.5 Å². The van der Waals surface area contributed by atoms with Crippen molar-refractivity contribution in [2.24, 2.45) is 0 Å². The fourth-order valence-electron chi connectivity index (χ4n) is 0.830. The van der Waals surface area contributed by atoms with Gasteiger partial charge in [0.05, 0.1) is 0 Å². The van der Waals surface area contributed by atoms with Crippen LogP contribution < -0.4 is 0 Å². The average Bonchev–Trinajstić information content (AvgIpc) is 2.73. The topological polar surface area (TPSA) is 38.9 Å². The van der Waals surface area contributed by atoms with E-state index in [2.05, 4.69) is 23.4 Å². The van der Waals surface area contributed by atoms with Crippen molar-refractivity contribution in [3.05, 3.63) is 36.8 Å². The summed E-state index contributed by atoms with van der Waals surface area (Å²) in [6.07, 6.45) is 6.55. The smallest absolute Gasteiger partial charge is 0.276 e. The Kier molecular flexibility index (Phi) is 4.37. The number of hydrogen-bond donors (Lipinski definition) is 0. The third-order valence-electron chi connectivity index (χ3n) is 1.83. The average molecular weight is 222 g/mol. The second-order valence-electron chi connectivity index (χ2n) is 2.95. The minimum Gasteiger partial charge on any atom is -0.411 e. The van der Waals surface area contributed by atoms with Gasteiger partial charge in [0.2, 0.25) is 5.89 Å². The summed E-state index contributed by atoms with van der Waals surface area (Å²) >= 11 is 1.41. The molecule has 0 saturated heterocycles. The van der Waals surface area contributed by atoms with Crippen LogP contribution in [0.3, 0.4) is 0 Å². The van der Waals surface area contributed by atoms with E-state index in [-0.39, 0.29) is 0 Å². The molecule has 1 aromatic rings. The van der Waals surface area contributed by atoms with E-state index in [4.69, 9.17) is 4.42 Å². The predicted molar refractivity (Wildman–Crippen MR) is 63.7 cm³/mol. The number of thioether (sulfide) groups is 1. The molecular formula is C11H14N2OS. The number of allylic oxidation sites excluding steroid dienone is 4. The van der Waals surface area contributed by atoms with Crippen LogP contribution in [0.25, 0.3) is 5.57 Å². The fourth-order valence-corrected chi connectivity index (χ4v) is 1.11. The molecule has 0 amide bonds. The largest absolute Gasteiger partial charge is 0.411 e. The summed E-state index contributed by atoms with van der Waals surface area (Å²) in [4.78, 5) is 0. The summed E-state index contributed by atoms with van der Waals surface area (Å²) in [5, 5.41) is 8.25. The second-order valence-corrected chi connectivity index (χ2v) is 3.71. The van der Waals surface area contributed by atoms with E-state index in [1.165, 1.54) is 11.8 Å². The Morgan fingerprint density at radius 1 is 1.40 bits per heavy atom. The minimum absolute atomic E-state index is 0.458. The highest BCUT2D eigenvalue weighted by Crippen LogP contribution is 2.18. The molecular weight excluding hydrogens is 208 g/mol. The van der Waals surface area contributed by atoms with Gasteiger partial charge < -0.3 is 4.42 Å². The van der Waals surface area contributed by atoms with E-state index < -0.39 is 0 Å². The van der Waals surface area contributed by atoms with Crippen molar-refractivity contribution in [3.8, 4) is 0 Å². The Balaban J connectivity index is 2.69. The van der Waals surface area contributed by atoms with Crippen molar-refractivity contribution >= 4 is 17.3 Å². The number of aromatic nitrogens is 2. The molecule has 4 heteroatoms. The van der Waals surface area contributed by atoms with E-state index in [1.54, 1.807) is 0 Å². The van der Waals surface area contributed by atoms with Gasteiger partial charge in [0.1, 0.15) is 0 Å². The van der Waals surface area contributed by atoms with Crippen LogP contribution in [0, 0.1) is 0 Å². The Morgan fingerprint density at radius 3 is 2.67 bits per heavy atom. The van der Waals surface area contributed by atoms with Gasteiger partial charge in [0.25, 0.3) is 5.22 Å². The summed E-state index contributed by atoms with van der Waals surface area (Å²) in [6, 6.07) is 0. The van der Waals surface area contributed by atoms with Gasteiger partial charge in [-0.15, -0.1) is 10.2 Å². The molecule has 0 aliphatic rings. The standard InChI is InChI=1S/C11H14N2OS/c1-5-8(2)6-7-9(3)10-12-13-11(14-10)15-4/h6-7H,2-3,5H2,1,4H3/b7-6-. The normalized spacial score (nSPS) is 10.8. The zero-order valence-corrected chi connectivity index (χ0v) is 9.80. The van der Waals surface area contributed by atoms with E-state index in [0.29, 0.717) is 16.7 Å². The van der Waals surface area contributed by atoms with E-state index in [9.17, 15) is 0 Å². The van der Waals surface area contributed by atoms with Crippen LogP contribution in [0.15, 0.2) is 40.5 Å². The van der Waals surface area contributed by atoms with Crippen LogP contribution in [0.2, 0.25) is 0 Å². The molecule has 0 unspecified atom stereocenters. The highest BCUT2D eigenvalue weighted by Gasteiger charge is 2.05. The van der Waals surface area contributed by atoms with E-state index in [1.807, 2.05) is 25.3 Å². The lowest BCUT2D eigenvalue weighted by Crippen LogP contribution is -1.79. The molecule has 15 heavy (non-hydrogen) atoms. The highest BCUT2D eigenvalue weighted by atomic mass is 32.2. The van der Waals surface area contributed by atoms with Gasteiger partial charge in [-0.05, 0) is 18.8 Å². The quantitative estimate of drug-likeness (QED) is 0.566. The van der Waals surface area contributed by atoms with Crippen molar-refractivity contribution < 1.29 is 4.42 Å². The summed E-state index contributed by atoms with van der Waals surface area (Å²) in [7, 11) is 0. The van der Waals surface area contributed by atoms with Crippen molar-refractivity contribution in [2.75, 3.05) is 6.26 Å². The van der Waals surface area contributed by atoms with Crippen LogP contribution in [-0.2, 0) is 0 Å². The molecule has 0 aliphatic carbocycles. The molecule has 0 spiro atoms. The maximum absolute atomic E-state index is 5.32. The van der Waals surface area contributed by atoms with Crippen molar-refractivity contribution in [2.45, 2.75) is 18.6 Å². The SMILES string of the molecule is C=C(/C=C\C(=C)c1nnc(SC)o1)CC. The van der Waals surface area contributed by atoms with Crippen molar-refractivity contribution in [1.29, 1.82) is 0 Å². The molecule has 0 radical (unpaired) electrons. The molecule has 1 rings (SSSR count). The molecule has 1 aromatic heterocycles. The first-order chi connectivity index (χ1) is 7.17. The molecule has 3 nitrogen and oxygen atoms in total. The lowest BCUT2D eigenvalue weighted by Gasteiger charge is -1.93. The van der Waals surface area contributed by atoms with Crippen molar-refractivity contribution in [1.82, 2.24) is 10.2 Å². The molecule has 1 heterocycles. The van der Waals surface area contributed by atoms with Crippen LogP contribution in [0.1, 0.15) is 19.2 Å². The minimum atomic E-state index is 0.458. The van der Waals surface area contributed by atoms with Gasteiger partial charge in [-0.25, -0.2) is 0 Å². The zero-order chi connectivity index (χ0) is 11.3. The molecule has 0 bridgehead atoms. The van der Waals surface area contributed by atoms with Crippen LogP contribution in [0.5, 0.6) is 0 Å². The molecule has 0 aliphatic heterocycles. The predicted octanol–water partition coefficient (Wildman–Crippen LogP) is 3.33. The van der Waals surface area contributed by atoms with Gasteiger partial charge in [0, 0.05) is 5.57 Å². The van der Waals surface area contributed by atoms with Crippen LogP contribution >= 0.6 is 11.8 Å². The Hall–Kier alpha value is -1.29. The number of rotatable bonds is 5. The molecule has 0 atom stereocenters. The zero-order valence-electron chi connectivity index (χ0n) is 8.99. The summed E-state index contributed by atoms with van der Waals surface area (Å²) < 4.78 is 5.32. The second kappa shape index (κ2) is 5.56. The van der Waals surface area contributed by atoms with Crippen LogP contribution in [0.4, 0.5) is 0 Å². The lowest BCUT2D eigenvalue weighted by molar-refractivity contribution is 0.444. The summed E-state index contributed by atoms with van der Waals surface area (Å²) in [5.74, 6) is 0.458. The third kappa shape index (κ3) is 3.40. The molecule has 0 N–H and O–H groups in total. The maximum Gasteiger partial charge on any atom is 0.276 e. The Bertz CT molecular complexity index is 393. The number of hydrogen-bond acceptors (Lipinski definition) is 4. The summed E-state index contributed by atoms with van der Waals surface area (Å²) in [5.41, 5.74) is 1.75. The van der Waals surface area contributed by atoms with Gasteiger partial charge in [-0.2, -0.15) is 0 Å². The van der Waals surface area contributed by atoms with E-state index >= 15 is 0 Å². The van der Waals surface area contributed by atoms with Gasteiger partial charge >= 0.3 is 0 Å². The molecule has 80 valence electrons. The lowest BCUT2D eigenvalue weighted by atomic mass is 10.2. The Morgan fingerprint density at radius 2 is 2.13 bits per heavy atom. The Labute approximate surface area is 94.0 Å². The van der Waals surface area contributed by atoms with E-state index in [0.717, 1.165) is 12.0 Å². The monoisotopic (exact) mass is 222 g/mol. The maximum atomic E-state index is 5.32. The number of nitrogens with zero attached hydrogens (tertiary/aromatic N) is 2. The molecule has 0 aromatic carbocycles. The molecule has 0 saturated carbocycles. The first-order valence-electron chi connectivity index (χ1n) is 4.60. The summed E-state index contributed by atoms with van der Waals surface area (Å²) in [6.45, 7) is 9.76. The fraction of sp³-hybridized carbons (Fsp3) is 0.273. The van der Waals surface area contributed by atoms with Gasteiger partial charge in [-0.3, -0.25) is 0 Å². The first kappa shape index (κ1) is 11.8.